The van der Waals surface area contributed by atoms with Crippen LogP contribution >= 0.6 is 0 Å². The van der Waals surface area contributed by atoms with Crippen LogP contribution in [-0.4, -0.2) is 48.2 Å². The van der Waals surface area contributed by atoms with Crippen LogP contribution in [0.5, 0.6) is 0 Å². The van der Waals surface area contributed by atoms with Crippen LogP contribution < -0.4 is 11.1 Å². The molecule has 1 saturated carbocycles. The van der Waals surface area contributed by atoms with Gasteiger partial charge in [-0.1, -0.05) is 0 Å². The third kappa shape index (κ3) is 3.28. The number of aromatic nitrogens is 2. The molecule has 0 aromatic carbocycles. The largest absolute Gasteiger partial charge is 0.330 e. The minimum atomic E-state index is 0.220. The second-order valence-electron chi connectivity index (χ2n) is 5.00. The number of nitrogens with one attached hydrogen (secondary N) is 1. The topological polar surface area (TPSA) is 59.1 Å². The van der Waals surface area contributed by atoms with E-state index in [0.29, 0.717) is 12.6 Å². The van der Waals surface area contributed by atoms with E-state index in [-0.39, 0.29) is 6.04 Å². The van der Waals surface area contributed by atoms with Gasteiger partial charge in [-0.2, -0.15) is 0 Å². The highest BCUT2D eigenvalue weighted by Gasteiger charge is 2.27. The van der Waals surface area contributed by atoms with Crippen LogP contribution in [0.1, 0.15) is 30.6 Å². The van der Waals surface area contributed by atoms with Gasteiger partial charge in [0.2, 0.25) is 0 Å². The summed E-state index contributed by atoms with van der Waals surface area (Å²) in [6.45, 7) is 2.59. The first-order valence-corrected chi connectivity index (χ1v) is 6.32. The highest BCUT2D eigenvalue weighted by atomic mass is 15.1. The molecule has 96 valence electrons. The van der Waals surface area contributed by atoms with Crippen LogP contribution in [0.25, 0.3) is 0 Å². The van der Waals surface area contributed by atoms with Crippen molar-refractivity contribution in [2.75, 3.05) is 33.7 Å². The first-order valence-electron chi connectivity index (χ1n) is 6.32. The lowest BCUT2D eigenvalue weighted by molar-refractivity contribution is 0.381. The van der Waals surface area contributed by atoms with Gasteiger partial charge in [0, 0.05) is 31.9 Å². The molecule has 1 unspecified atom stereocenters. The number of nitrogens with zero attached hydrogens (tertiary/aromatic N) is 3. The summed E-state index contributed by atoms with van der Waals surface area (Å²) in [7, 11) is 4.15. The number of imidazole rings is 1. The zero-order valence-electron chi connectivity index (χ0n) is 10.8. The van der Waals surface area contributed by atoms with Crippen molar-refractivity contribution in [3.8, 4) is 0 Å². The monoisotopic (exact) mass is 237 g/mol. The molecule has 5 heteroatoms. The van der Waals surface area contributed by atoms with Crippen LogP contribution in [0, 0.1) is 0 Å². The van der Waals surface area contributed by atoms with Gasteiger partial charge in [-0.15, -0.1) is 0 Å². The maximum atomic E-state index is 5.85. The van der Waals surface area contributed by atoms with Crippen LogP contribution in [0.2, 0.25) is 0 Å². The molecule has 0 amide bonds. The molecule has 2 rings (SSSR count). The molecule has 0 radical (unpaired) electrons. The molecule has 0 aliphatic heterocycles. The maximum Gasteiger partial charge on any atom is 0.0951 e. The minimum absolute atomic E-state index is 0.220. The van der Waals surface area contributed by atoms with Gasteiger partial charge in [-0.3, -0.25) is 0 Å². The molecule has 17 heavy (non-hydrogen) atoms. The quantitative estimate of drug-likeness (QED) is 0.719. The van der Waals surface area contributed by atoms with E-state index in [4.69, 9.17) is 5.73 Å². The lowest BCUT2D eigenvalue weighted by atomic mass is 10.2. The van der Waals surface area contributed by atoms with E-state index >= 15 is 0 Å². The molecule has 1 aromatic heterocycles. The fourth-order valence-electron chi connectivity index (χ4n) is 2.01. The second kappa shape index (κ2) is 5.62. The van der Waals surface area contributed by atoms with Crippen molar-refractivity contribution < 1.29 is 0 Å². The van der Waals surface area contributed by atoms with Crippen LogP contribution in [0.4, 0.5) is 0 Å². The Labute approximate surface area is 103 Å². The van der Waals surface area contributed by atoms with Gasteiger partial charge in [0.25, 0.3) is 0 Å². The Hall–Kier alpha value is -0.910. The van der Waals surface area contributed by atoms with E-state index in [1.807, 2.05) is 12.5 Å². The number of hydrogen-bond acceptors (Lipinski definition) is 4. The minimum Gasteiger partial charge on any atom is -0.330 e. The molecule has 1 atom stereocenters. The summed E-state index contributed by atoms with van der Waals surface area (Å²) in [4.78, 5) is 6.42. The van der Waals surface area contributed by atoms with Crippen molar-refractivity contribution >= 4 is 0 Å². The zero-order valence-corrected chi connectivity index (χ0v) is 10.8. The van der Waals surface area contributed by atoms with E-state index in [2.05, 4.69) is 33.9 Å². The van der Waals surface area contributed by atoms with Gasteiger partial charge in [0.15, 0.2) is 0 Å². The van der Waals surface area contributed by atoms with Crippen molar-refractivity contribution in [1.82, 2.24) is 19.8 Å². The van der Waals surface area contributed by atoms with Crippen molar-refractivity contribution in [2.24, 2.45) is 5.73 Å². The summed E-state index contributed by atoms with van der Waals surface area (Å²) in [6.07, 6.45) is 6.43. The van der Waals surface area contributed by atoms with E-state index in [1.54, 1.807) is 0 Å². The van der Waals surface area contributed by atoms with E-state index in [1.165, 1.54) is 18.5 Å². The molecule has 1 heterocycles. The maximum absolute atomic E-state index is 5.85. The molecule has 1 aliphatic rings. The fraction of sp³-hybridized carbons (Fsp3) is 0.750. The molecule has 1 fully saturated rings. The summed E-state index contributed by atoms with van der Waals surface area (Å²) >= 11 is 0. The highest BCUT2D eigenvalue weighted by Crippen LogP contribution is 2.36. The van der Waals surface area contributed by atoms with Crippen molar-refractivity contribution in [3.05, 3.63) is 18.2 Å². The third-order valence-corrected chi connectivity index (χ3v) is 3.18. The van der Waals surface area contributed by atoms with Crippen LogP contribution in [0.15, 0.2) is 12.5 Å². The highest BCUT2D eigenvalue weighted by molar-refractivity contribution is 5.09. The third-order valence-electron chi connectivity index (χ3n) is 3.18. The van der Waals surface area contributed by atoms with Crippen LogP contribution in [-0.2, 0) is 0 Å². The Morgan fingerprint density at radius 1 is 1.59 bits per heavy atom. The first kappa shape index (κ1) is 12.5. The smallest absolute Gasteiger partial charge is 0.0951 e. The molecule has 3 N–H and O–H groups in total. The summed E-state index contributed by atoms with van der Waals surface area (Å²) in [6, 6.07) is 0.884. The molecular weight excluding hydrogens is 214 g/mol. The van der Waals surface area contributed by atoms with Gasteiger partial charge < -0.3 is 20.5 Å². The average molecular weight is 237 g/mol. The van der Waals surface area contributed by atoms with Gasteiger partial charge in [-0.25, -0.2) is 4.98 Å². The Bertz CT molecular complexity index is 342. The normalized spacial score (nSPS) is 17.6. The summed E-state index contributed by atoms with van der Waals surface area (Å²) in [5, 5.41) is 3.50. The molecule has 1 aromatic rings. The predicted octanol–water partition coefficient (Wildman–Crippen LogP) is 0.369. The van der Waals surface area contributed by atoms with E-state index in [0.717, 1.165) is 13.1 Å². The molecule has 0 saturated heterocycles. The molecule has 5 nitrogen and oxygen atoms in total. The zero-order chi connectivity index (χ0) is 12.3. The van der Waals surface area contributed by atoms with Gasteiger partial charge in [-0.05, 0) is 26.9 Å². The Morgan fingerprint density at radius 2 is 2.35 bits per heavy atom. The Balaban J connectivity index is 1.94. The van der Waals surface area contributed by atoms with Crippen molar-refractivity contribution in [3.63, 3.8) is 0 Å². The summed E-state index contributed by atoms with van der Waals surface area (Å²) in [5.74, 6) is 0. The molecular formula is C12H23N5. The number of nitrogens with two attached hydrogens (primary N) is 1. The van der Waals surface area contributed by atoms with E-state index < -0.39 is 0 Å². The van der Waals surface area contributed by atoms with Gasteiger partial charge >= 0.3 is 0 Å². The van der Waals surface area contributed by atoms with Crippen LogP contribution in [0.3, 0.4) is 0 Å². The first-order chi connectivity index (χ1) is 8.22. The Morgan fingerprint density at radius 3 is 2.94 bits per heavy atom. The van der Waals surface area contributed by atoms with E-state index in [9.17, 15) is 0 Å². The lowest BCUT2D eigenvalue weighted by Crippen LogP contribution is -2.34. The number of rotatable bonds is 7. The number of likely N-dealkylation sites (N-methyl/N-ethyl adjacent to an activating group) is 1. The summed E-state index contributed by atoms with van der Waals surface area (Å²) in [5.41, 5.74) is 7.08. The standard InChI is InChI=1S/C12H23N5/c1-16(2)6-5-15-11(7-13)12-8-14-9-17(12)10-3-4-10/h8-11,15H,3-7,13H2,1-2H3. The summed E-state index contributed by atoms with van der Waals surface area (Å²) < 4.78 is 2.28. The molecule has 0 bridgehead atoms. The Kier molecular flexibility index (Phi) is 4.15. The second-order valence-corrected chi connectivity index (χ2v) is 5.00. The fourth-order valence-corrected chi connectivity index (χ4v) is 2.01. The van der Waals surface area contributed by atoms with Crippen molar-refractivity contribution in [1.29, 1.82) is 0 Å². The van der Waals surface area contributed by atoms with Gasteiger partial charge in [0.1, 0.15) is 0 Å². The predicted molar refractivity (Wildman–Crippen MR) is 68.9 cm³/mol. The molecule has 0 spiro atoms. The van der Waals surface area contributed by atoms with Gasteiger partial charge in [0.05, 0.1) is 18.1 Å². The lowest BCUT2D eigenvalue weighted by Gasteiger charge is -2.20. The SMILES string of the molecule is CN(C)CCNC(CN)c1cncn1C1CC1. The number of hydrogen-bond donors (Lipinski definition) is 2. The average Bonchev–Trinajstić information content (AvgIpc) is 3.03. The molecule has 1 aliphatic carbocycles. The van der Waals surface area contributed by atoms with Crippen molar-refractivity contribution in [2.45, 2.75) is 24.9 Å².